The predicted molar refractivity (Wildman–Crippen MR) is 96.0 cm³/mol. The molecular weight excluding hydrogens is 410 g/mol. The molecule has 0 fully saturated rings. The molecule has 0 aliphatic carbocycles. The number of halogens is 4. The Morgan fingerprint density at radius 3 is 2.14 bits per heavy atom. The number of carbonyl (C=O) groups excluding carboxylic acids is 1. The van der Waals surface area contributed by atoms with E-state index < -0.39 is 11.0 Å². The summed E-state index contributed by atoms with van der Waals surface area (Å²) in [6.45, 7) is 0. The molecule has 2 rings (SSSR count). The van der Waals surface area contributed by atoms with Gasteiger partial charge in [0.15, 0.2) is 0 Å². The molecule has 1 atom stereocenters. The molecule has 0 saturated carbocycles. The Bertz CT molecular complexity index is 632. The van der Waals surface area contributed by atoms with E-state index in [0.717, 1.165) is 10.2 Å². The third-order valence-electron chi connectivity index (χ3n) is 2.81. The highest BCUT2D eigenvalue weighted by atomic mass is 79.9. The summed E-state index contributed by atoms with van der Waals surface area (Å²) in [5.74, 6) is -0.273. The van der Waals surface area contributed by atoms with Gasteiger partial charge in [0.2, 0.25) is 0 Å². The zero-order valence-electron chi connectivity index (χ0n) is 11.2. The van der Waals surface area contributed by atoms with Crippen LogP contribution in [0.15, 0.2) is 53.0 Å². The first-order valence-corrected chi connectivity index (χ1v) is 8.37. The molecule has 22 heavy (non-hydrogen) atoms. The van der Waals surface area contributed by atoms with Crippen molar-refractivity contribution in [2.75, 3.05) is 5.32 Å². The van der Waals surface area contributed by atoms with Crippen molar-refractivity contribution in [1.82, 2.24) is 5.32 Å². The van der Waals surface area contributed by atoms with Crippen LogP contribution in [0.25, 0.3) is 0 Å². The third-order valence-corrected chi connectivity index (χ3v) is 4.10. The fraction of sp³-hybridized carbons (Fsp3) is 0.133. The fourth-order valence-electron chi connectivity index (χ4n) is 1.71. The molecule has 0 aliphatic rings. The summed E-state index contributed by atoms with van der Waals surface area (Å²) in [5.41, 5.74) is 1.26. The molecule has 2 aromatic carbocycles. The van der Waals surface area contributed by atoms with Crippen molar-refractivity contribution in [3.05, 3.63) is 63.6 Å². The lowest BCUT2D eigenvalue weighted by Crippen LogP contribution is -2.44. The zero-order chi connectivity index (χ0) is 16.1. The number of alkyl halides is 2. The van der Waals surface area contributed by atoms with Crippen LogP contribution in [0.4, 0.5) is 5.69 Å². The van der Waals surface area contributed by atoms with Gasteiger partial charge in [-0.25, -0.2) is 0 Å². The van der Waals surface area contributed by atoms with E-state index in [1.54, 1.807) is 48.5 Å². The average molecular weight is 423 g/mol. The molecule has 0 aromatic heterocycles. The standard InChI is InChI=1S/C15H12BrCl3N2O/c16-10-3-1-9(2-4-10)15(22)21-14(13(18)19)20-12-7-5-11(17)6-8-12/h1-8,13-14,20H,(H,21,22). The molecule has 7 heteroatoms. The second-order valence-electron chi connectivity index (χ2n) is 4.44. The van der Waals surface area contributed by atoms with Crippen LogP contribution in [0.3, 0.4) is 0 Å². The third kappa shape index (κ3) is 5.06. The summed E-state index contributed by atoms with van der Waals surface area (Å²) >= 11 is 21.0. The van der Waals surface area contributed by atoms with E-state index in [1.165, 1.54) is 0 Å². The van der Waals surface area contributed by atoms with Crippen LogP contribution in [0.1, 0.15) is 10.4 Å². The summed E-state index contributed by atoms with van der Waals surface area (Å²) in [7, 11) is 0. The van der Waals surface area contributed by atoms with Gasteiger partial charge in [-0.3, -0.25) is 4.79 Å². The number of rotatable bonds is 5. The van der Waals surface area contributed by atoms with Gasteiger partial charge >= 0.3 is 0 Å². The smallest absolute Gasteiger partial charge is 0.252 e. The van der Waals surface area contributed by atoms with Crippen molar-refractivity contribution >= 4 is 62.3 Å². The van der Waals surface area contributed by atoms with Gasteiger partial charge in [0.1, 0.15) is 11.0 Å². The fourth-order valence-corrected chi connectivity index (χ4v) is 2.36. The summed E-state index contributed by atoms with van der Waals surface area (Å²) < 4.78 is 0.896. The number of nitrogens with one attached hydrogen (secondary N) is 2. The molecule has 0 heterocycles. The lowest BCUT2D eigenvalue weighted by molar-refractivity contribution is 0.0943. The predicted octanol–water partition coefficient (Wildman–Crippen LogP) is 5.07. The molecule has 1 unspecified atom stereocenters. The van der Waals surface area contributed by atoms with Crippen LogP contribution in [0.2, 0.25) is 5.02 Å². The first-order chi connectivity index (χ1) is 10.5. The summed E-state index contributed by atoms with van der Waals surface area (Å²) in [4.78, 5) is 11.4. The summed E-state index contributed by atoms with van der Waals surface area (Å²) in [6.07, 6.45) is -0.638. The van der Waals surface area contributed by atoms with E-state index in [-0.39, 0.29) is 5.91 Å². The van der Waals surface area contributed by atoms with Crippen molar-refractivity contribution in [2.45, 2.75) is 11.0 Å². The molecule has 0 radical (unpaired) electrons. The van der Waals surface area contributed by atoms with Gasteiger partial charge < -0.3 is 10.6 Å². The first-order valence-electron chi connectivity index (χ1n) is 6.32. The van der Waals surface area contributed by atoms with Crippen LogP contribution in [0, 0.1) is 0 Å². The summed E-state index contributed by atoms with van der Waals surface area (Å²) in [5, 5.41) is 6.43. The average Bonchev–Trinajstić information content (AvgIpc) is 2.49. The topological polar surface area (TPSA) is 41.1 Å². The van der Waals surface area contributed by atoms with Crippen LogP contribution in [0.5, 0.6) is 0 Å². The molecule has 116 valence electrons. The highest BCUT2D eigenvalue weighted by molar-refractivity contribution is 9.10. The monoisotopic (exact) mass is 420 g/mol. The van der Waals surface area contributed by atoms with Crippen molar-refractivity contribution in [1.29, 1.82) is 0 Å². The second kappa shape index (κ2) is 8.06. The number of amides is 1. The van der Waals surface area contributed by atoms with E-state index in [0.29, 0.717) is 10.6 Å². The minimum absolute atomic E-state index is 0.273. The molecule has 0 bridgehead atoms. The maximum Gasteiger partial charge on any atom is 0.252 e. The Morgan fingerprint density at radius 1 is 1.00 bits per heavy atom. The molecular formula is C15H12BrCl3N2O. The molecule has 2 aromatic rings. The Kier molecular flexibility index (Phi) is 6.38. The van der Waals surface area contributed by atoms with E-state index in [2.05, 4.69) is 26.6 Å². The van der Waals surface area contributed by atoms with E-state index in [1.807, 2.05) is 0 Å². The minimum atomic E-state index is -0.824. The Labute approximate surface area is 152 Å². The van der Waals surface area contributed by atoms with Crippen molar-refractivity contribution < 1.29 is 4.79 Å². The number of anilines is 1. The SMILES string of the molecule is O=C(NC(Nc1ccc(Cl)cc1)C(Cl)Cl)c1ccc(Br)cc1. The number of hydrogen-bond donors (Lipinski definition) is 2. The van der Waals surface area contributed by atoms with Crippen molar-refractivity contribution in [3.8, 4) is 0 Å². The van der Waals surface area contributed by atoms with Gasteiger partial charge in [-0.1, -0.05) is 27.5 Å². The number of benzene rings is 2. The lowest BCUT2D eigenvalue weighted by atomic mass is 10.2. The van der Waals surface area contributed by atoms with Gasteiger partial charge in [0.05, 0.1) is 0 Å². The van der Waals surface area contributed by atoms with Crippen LogP contribution in [-0.2, 0) is 0 Å². The van der Waals surface area contributed by atoms with Crippen LogP contribution in [-0.4, -0.2) is 16.9 Å². The van der Waals surface area contributed by atoms with E-state index >= 15 is 0 Å². The first kappa shape index (κ1) is 17.4. The van der Waals surface area contributed by atoms with Gasteiger partial charge in [0, 0.05) is 20.7 Å². The molecule has 0 spiro atoms. The highest BCUT2D eigenvalue weighted by Gasteiger charge is 2.20. The summed E-state index contributed by atoms with van der Waals surface area (Å²) in [6, 6.07) is 14.0. The molecule has 0 aliphatic heterocycles. The second-order valence-corrected chi connectivity index (χ2v) is 6.96. The van der Waals surface area contributed by atoms with E-state index in [4.69, 9.17) is 34.8 Å². The molecule has 2 N–H and O–H groups in total. The Hall–Kier alpha value is -0.940. The maximum absolute atomic E-state index is 12.2. The van der Waals surface area contributed by atoms with Crippen LogP contribution >= 0.6 is 50.7 Å². The van der Waals surface area contributed by atoms with Gasteiger partial charge in [0.25, 0.3) is 5.91 Å². The Balaban J connectivity index is 2.06. The quantitative estimate of drug-likeness (QED) is 0.522. The Morgan fingerprint density at radius 2 is 1.59 bits per heavy atom. The van der Waals surface area contributed by atoms with Crippen molar-refractivity contribution in [2.24, 2.45) is 0 Å². The maximum atomic E-state index is 12.2. The van der Waals surface area contributed by atoms with Gasteiger partial charge in [-0.05, 0) is 48.5 Å². The normalized spacial score (nSPS) is 12.0. The number of hydrogen-bond acceptors (Lipinski definition) is 2. The molecule has 0 saturated heterocycles. The lowest BCUT2D eigenvalue weighted by Gasteiger charge is -2.22. The van der Waals surface area contributed by atoms with E-state index in [9.17, 15) is 4.79 Å². The zero-order valence-corrected chi connectivity index (χ0v) is 15.0. The molecule has 3 nitrogen and oxygen atoms in total. The largest absolute Gasteiger partial charge is 0.363 e. The molecule has 1 amide bonds. The highest BCUT2D eigenvalue weighted by Crippen LogP contribution is 2.17. The number of carbonyl (C=O) groups is 1. The minimum Gasteiger partial charge on any atom is -0.363 e. The van der Waals surface area contributed by atoms with Crippen molar-refractivity contribution in [3.63, 3.8) is 0 Å². The van der Waals surface area contributed by atoms with Gasteiger partial charge in [-0.2, -0.15) is 0 Å². The van der Waals surface area contributed by atoms with Gasteiger partial charge in [-0.15, -0.1) is 23.2 Å². The van der Waals surface area contributed by atoms with Crippen LogP contribution < -0.4 is 10.6 Å².